The topological polar surface area (TPSA) is 52.7 Å². The van der Waals surface area contributed by atoms with Crippen LogP contribution in [-0.2, 0) is 16.1 Å². The highest BCUT2D eigenvalue weighted by Crippen LogP contribution is 2.18. The number of nitrogens with one attached hydrogen (secondary N) is 1. The Kier molecular flexibility index (Phi) is 8.10. The fraction of sp³-hybridized carbons (Fsp3) is 0.619. The molecule has 1 aromatic rings. The Hall–Kier alpha value is -1.88. The average molecular weight is 360 g/mol. The number of carbonyl (C=O) groups is 2. The number of amides is 2. The number of piperidine rings is 1. The Labute approximate surface area is 157 Å². The molecule has 0 aromatic heterocycles. The first kappa shape index (κ1) is 20.4. The third-order valence-electron chi connectivity index (χ3n) is 5.01. The second kappa shape index (κ2) is 10.3. The summed E-state index contributed by atoms with van der Waals surface area (Å²) >= 11 is 0. The van der Waals surface area contributed by atoms with Crippen LogP contribution in [0.15, 0.2) is 30.3 Å². The van der Waals surface area contributed by atoms with Crippen molar-refractivity contribution < 1.29 is 9.59 Å². The van der Waals surface area contributed by atoms with Gasteiger partial charge in [0.25, 0.3) is 0 Å². The van der Waals surface area contributed by atoms with E-state index in [-0.39, 0.29) is 23.8 Å². The summed E-state index contributed by atoms with van der Waals surface area (Å²) in [5.41, 5.74) is 1.15. The van der Waals surface area contributed by atoms with E-state index in [2.05, 4.69) is 43.1 Å². The molecule has 1 heterocycles. The molecule has 5 nitrogen and oxygen atoms in total. The summed E-state index contributed by atoms with van der Waals surface area (Å²) in [4.78, 5) is 29.0. The van der Waals surface area contributed by atoms with Gasteiger partial charge in [-0.3, -0.25) is 14.5 Å². The van der Waals surface area contributed by atoms with E-state index in [4.69, 9.17) is 0 Å². The van der Waals surface area contributed by atoms with Crippen LogP contribution in [0.5, 0.6) is 0 Å². The summed E-state index contributed by atoms with van der Waals surface area (Å²) < 4.78 is 0. The standard InChI is InChI=1S/C21H33N3O2/c1-4-12-22-21(26)19-10-13-23(14-11-19)16-20(25)24(17(2)3)15-18-8-6-5-7-9-18/h5-9,17,19H,4,10-16H2,1-3H3,(H,22,26). The number of benzene rings is 1. The molecule has 0 radical (unpaired) electrons. The van der Waals surface area contributed by atoms with Crippen molar-refractivity contribution in [3.63, 3.8) is 0 Å². The highest BCUT2D eigenvalue weighted by molar-refractivity contribution is 5.79. The minimum atomic E-state index is 0.0958. The van der Waals surface area contributed by atoms with Gasteiger partial charge in [-0.15, -0.1) is 0 Å². The second-order valence-corrected chi connectivity index (χ2v) is 7.44. The van der Waals surface area contributed by atoms with Gasteiger partial charge in [0.1, 0.15) is 0 Å². The lowest BCUT2D eigenvalue weighted by Gasteiger charge is -2.34. The lowest BCUT2D eigenvalue weighted by atomic mass is 9.96. The number of carbonyl (C=O) groups excluding carboxylic acids is 2. The summed E-state index contributed by atoms with van der Waals surface area (Å²) in [6.45, 7) is 9.64. The zero-order chi connectivity index (χ0) is 18.9. The molecule has 2 rings (SSSR count). The third kappa shape index (κ3) is 6.13. The number of likely N-dealkylation sites (tertiary alicyclic amines) is 1. The highest BCUT2D eigenvalue weighted by Gasteiger charge is 2.27. The van der Waals surface area contributed by atoms with Crippen molar-refractivity contribution >= 4 is 11.8 Å². The van der Waals surface area contributed by atoms with Crippen LogP contribution in [0.2, 0.25) is 0 Å². The quantitative estimate of drug-likeness (QED) is 0.776. The molecule has 5 heteroatoms. The smallest absolute Gasteiger partial charge is 0.237 e. The fourth-order valence-electron chi connectivity index (χ4n) is 3.37. The van der Waals surface area contributed by atoms with Crippen molar-refractivity contribution in [3.8, 4) is 0 Å². The fourth-order valence-corrected chi connectivity index (χ4v) is 3.37. The van der Waals surface area contributed by atoms with Crippen LogP contribution in [0.4, 0.5) is 0 Å². The van der Waals surface area contributed by atoms with Crippen LogP contribution in [-0.4, -0.2) is 53.8 Å². The molecule has 1 fully saturated rings. The van der Waals surface area contributed by atoms with E-state index in [1.807, 2.05) is 23.1 Å². The number of nitrogens with zero attached hydrogens (tertiary/aromatic N) is 2. The molecule has 1 aliphatic rings. The monoisotopic (exact) mass is 359 g/mol. The first-order chi connectivity index (χ1) is 12.5. The van der Waals surface area contributed by atoms with Crippen molar-refractivity contribution in [1.82, 2.24) is 15.1 Å². The van der Waals surface area contributed by atoms with Crippen LogP contribution in [0.25, 0.3) is 0 Å². The molecule has 0 atom stereocenters. The van der Waals surface area contributed by atoms with E-state index in [1.165, 1.54) is 0 Å². The molecular weight excluding hydrogens is 326 g/mol. The summed E-state index contributed by atoms with van der Waals surface area (Å²) in [5, 5.41) is 2.99. The normalized spacial score (nSPS) is 15.8. The molecule has 1 aromatic carbocycles. The lowest BCUT2D eigenvalue weighted by molar-refractivity contribution is -0.135. The molecule has 1 N–H and O–H groups in total. The van der Waals surface area contributed by atoms with Crippen molar-refractivity contribution in [3.05, 3.63) is 35.9 Å². The summed E-state index contributed by atoms with van der Waals surface area (Å²) in [6, 6.07) is 10.3. The van der Waals surface area contributed by atoms with Gasteiger partial charge in [0.15, 0.2) is 0 Å². The first-order valence-electron chi connectivity index (χ1n) is 9.84. The van der Waals surface area contributed by atoms with Gasteiger partial charge < -0.3 is 10.2 Å². The van der Waals surface area contributed by atoms with E-state index in [0.717, 1.165) is 44.5 Å². The van der Waals surface area contributed by atoms with Gasteiger partial charge in [-0.1, -0.05) is 37.3 Å². The SMILES string of the molecule is CCCNC(=O)C1CCN(CC(=O)N(Cc2ccccc2)C(C)C)CC1. The highest BCUT2D eigenvalue weighted by atomic mass is 16.2. The molecule has 144 valence electrons. The largest absolute Gasteiger partial charge is 0.356 e. The average Bonchev–Trinajstić information content (AvgIpc) is 2.65. The van der Waals surface area contributed by atoms with Gasteiger partial charge in [0.05, 0.1) is 6.54 Å². The maximum absolute atomic E-state index is 12.8. The minimum Gasteiger partial charge on any atom is -0.356 e. The molecule has 1 aliphatic heterocycles. The van der Waals surface area contributed by atoms with Gasteiger partial charge >= 0.3 is 0 Å². The van der Waals surface area contributed by atoms with Gasteiger partial charge in [-0.2, -0.15) is 0 Å². The summed E-state index contributed by atoms with van der Waals surface area (Å²) in [6.07, 6.45) is 2.64. The number of hydrogen-bond acceptors (Lipinski definition) is 3. The van der Waals surface area contributed by atoms with E-state index >= 15 is 0 Å². The Morgan fingerprint density at radius 2 is 1.85 bits per heavy atom. The van der Waals surface area contributed by atoms with Gasteiger partial charge in [-0.25, -0.2) is 0 Å². The molecule has 1 saturated heterocycles. The van der Waals surface area contributed by atoms with Crippen molar-refractivity contribution in [2.75, 3.05) is 26.2 Å². The number of rotatable bonds is 8. The van der Waals surface area contributed by atoms with Gasteiger partial charge in [-0.05, 0) is 51.8 Å². The maximum Gasteiger partial charge on any atom is 0.237 e. The third-order valence-corrected chi connectivity index (χ3v) is 5.01. The molecule has 26 heavy (non-hydrogen) atoms. The second-order valence-electron chi connectivity index (χ2n) is 7.44. The number of hydrogen-bond donors (Lipinski definition) is 1. The zero-order valence-corrected chi connectivity index (χ0v) is 16.4. The minimum absolute atomic E-state index is 0.0958. The predicted molar refractivity (Wildman–Crippen MR) is 105 cm³/mol. The molecule has 0 bridgehead atoms. The zero-order valence-electron chi connectivity index (χ0n) is 16.4. The van der Waals surface area contributed by atoms with E-state index in [0.29, 0.717) is 13.1 Å². The molecule has 2 amide bonds. The Morgan fingerprint density at radius 3 is 2.42 bits per heavy atom. The van der Waals surface area contributed by atoms with Crippen LogP contribution < -0.4 is 5.32 Å². The molecule has 0 spiro atoms. The first-order valence-corrected chi connectivity index (χ1v) is 9.84. The summed E-state index contributed by atoms with van der Waals surface area (Å²) in [7, 11) is 0. The Bertz CT molecular complexity index is 566. The Morgan fingerprint density at radius 1 is 1.19 bits per heavy atom. The van der Waals surface area contributed by atoms with Crippen molar-refractivity contribution in [2.24, 2.45) is 5.92 Å². The van der Waals surface area contributed by atoms with Crippen LogP contribution in [0.3, 0.4) is 0 Å². The summed E-state index contributed by atoms with van der Waals surface area (Å²) in [5.74, 6) is 0.432. The van der Waals surface area contributed by atoms with Crippen LogP contribution in [0, 0.1) is 5.92 Å². The van der Waals surface area contributed by atoms with E-state index < -0.39 is 0 Å². The molecule has 0 aliphatic carbocycles. The van der Waals surface area contributed by atoms with Crippen molar-refractivity contribution in [2.45, 2.75) is 52.6 Å². The molecule has 0 unspecified atom stereocenters. The van der Waals surface area contributed by atoms with Gasteiger partial charge in [0, 0.05) is 25.0 Å². The maximum atomic E-state index is 12.8. The Balaban J connectivity index is 1.83. The molecular formula is C21H33N3O2. The van der Waals surface area contributed by atoms with Crippen LogP contribution in [0.1, 0.15) is 45.6 Å². The lowest BCUT2D eigenvalue weighted by Crippen LogP contribution is -2.47. The van der Waals surface area contributed by atoms with E-state index in [1.54, 1.807) is 0 Å². The predicted octanol–water partition coefficient (Wildman–Crippen LogP) is 2.66. The van der Waals surface area contributed by atoms with Crippen molar-refractivity contribution in [1.29, 1.82) is 0 Å². The molecule has 0 saturated carbocycles. The van der Waals surface area contributed by atoms with Crippen LogP contribution >= 0.6 is 0 Å². The van der Waals surface area contributed by atoms with Gasteiger partial charge in [0.2, 0.25) is 11.8 Å². The van der Waals surface area contributed by atoms with E-state index in [9.17, 15) is 9.59 Å².